The van der Waals surface area contributed by atoms with E-state index in [1.165, 1.54) is 14.1 Å². The fourth-order valence-electron chi connectivity index (χ4n) is 2.40. The van der Waals surface area contributed by atoms with Gasteiger partial charge < -0.3 is 14.8 Å². The predicted octanol–water partition coefficient (Wildman–Crippen LogP) is 0.0737. The monoisotopic (exact) mass is 347 g/mol. The minimum Gasteiger partial charge on any atom is -0.493 e. The Morgan fingerprint density at radius 2 is 1.72 bits per heavy atom. The molecule has 1 aromatic heterocycles. The van der Waals surface area contributed by atoms with Crippen molar-refractivity contribution in [3.8, 4) is 11.5 Å². The molecule has 1 N–H and O–H groups in total. The van der Waals surface area contributed by atoms with E-state index in [0.717, 1.165) is 20.8 Å². The van der Waals surface area contributed by atoms with Crippen LogP contribution in [0.3, 0.4) is 0 Å². The zero-order chi connectivity index (χ0) is 18.6. The molecule has 0 fully saturated rings. The molecule has 8 heteroatoms. The van der Waals surface area contributed by atoms with Gasteiger partial charge in [-0.25, -0.2) is 4.79 Å². The standard InChI is InChI=1S/C17H21N3O5/c1-19-12(10-15(21)20(2)17(19)23)16(22)18-8-7-11-5-6-13(24-3)14(9-11)25-4/h5-6,9-10H,7-8H2,1-4H3,(H,18,22). The summed E-state index contributed by atoms with van der Waals surface area (Å²) in [5.74, 6) is 0.767. The smallest absolute Gasteiger partial charge is 0.331 e. The van der Waals surface area contributed by atoms with Crippen LogP contribution in [0, 0.1) is 0 Å². The van der Waals surface area contributed by atoms with Crippen molar-refractivity contribution in [2.75, 3.05) is 20.8 Å². The van der Waals surface area contributed by atoms with Crippen LogP contribution in [-0.4, -0.2) is 35.8 Å². The SMILES string of the molecule is COc1ccc(CCNC(=O)c2cc(=O)n(C)c(=O)n2C)cc1OC. The molecule has 0 unspecified atom stereocenters. The molecule has 2 rings (SSSR count). The molecule has 0 saturated heterocycles. The van der Waals surface area contributed by atoms with Gasteiger partial charge in [-0.05, 0) is 24.1 Å². The number of hydrogen-bond acceptors (Lipinski definition) is 5. The predicted molar refractivity (Wildman–Crippen MR) is 92.5 cm³/mol. The van der Waals surface area contributed by atoms with E-state index in [1.807, 2.05) is 12.1 Å². The van der Waals surface area contributed by atoms with E-state index >= 15 is 0 Å². The number of hydrogen-bond donors (Lipinski definition) is 1. The lowest BCUT2D eigenvalue weighted by molar-refractivity contribution is 0.0944. The van der Waals surface area contributed by atoms with E-state index in [1.54, 1.807) is 20.3 Å². The number of carbonyl (C=O) groups excluding carboxylic acids is 1. The van der Waals surface area contributed by atoms with Crippen LogP contribution in [0.15, 0.2) is 33.9 Å². The van der Waals surface area contributed by atoms with Gasteiger partial charge in [0.15, 0.2) is 11.5 Å². The Morgan fingerprint density at radius 1 is 1.04 bits per heavy atom. The highest BCUT2D eigenvalue weighted by atomic mass is 16.5. The lowest BCUT2D eigenvalue weighted by Gasteiger charge is -2.11. The van der Waals surface area contributed by atoms with Gasteiger partial charge in [0, 0.05) is 26.7 Å². The van der Waals surface area contributed by atoms with Gasteiger partial charge in [-0.2, -0.15) is 0 Å². The van der Waals surface area contributed by atoms with Crippen LogP contribution in [0.4, 0.5) is 0 Å². The molecule has 0 aliphatic carbocycles. The summed E-state index contributed by atoms with van der Waals surface area (Å²) in [5, 5.41) is 2.71. The van der Waals surface area contributed by atoms with Crippen molar-refractivity contribution in [1.29, 1.82) is 0 Å². The molecular weight excluding hydrogens is 326 g/mol. The summed E-state index contributed by atoms with van der Waals surface area (Å²) in [7, 11) is 5.93. The normalized spacial score (nSPS) is 10.4. The van der Waals surface area contributed by atoms with Gasteiger partial charge in [0.1, 0.15) is 5.69 Å². The van der Waals surface area contributed by atoms with E-state index in [9.17, 15) is 14.4 Å². The summed E-state index contributed by atoms with van der Waals surface area (Å²) in [6.07, 6.45) is 0.560. The molecule has 0 saturated carbocycles. The Labute approximate surface area is 144 Å². The first kappa shape index (κ1) is 18.3. The second kappa shape index (κ2) is 7.69. The summed E-state index contributed by atoms with van der Waals surface area (Å²) in [5.41, 5.74) is -0.0816. The lowest BCUT2D eigenvalue weighted by atomic mass is 10.1. The Morgan fingerprint density at radius 3 is 2.36 bits per heavy atom. The van der Waals surface area contributed by atoms with Crippen LogP contribution >= 0.6 is 0 Å². The van der Waals surface area contributed by atoms with E-state index in [0.29, 0.717) is 24.5 Å². The molecular formula is C17H21N3O5. The fourth-order valence-corrected chi connectivity index (χ4v) is 2.40. The fraction of sp³-hybridized carbons (Fsp3) is 0.353. The van der Waals surface area contributed by atoms with Gasteiger partial charge in [-0.3, -0.25) is 18.7 Å². The van der Waals surface area contributed by atoms with Crippen molar-refractivity contribution in [3.63, 3.8) is 0 Å². The average molecular weight is 347 g/mol. The maximum atomic E-state index is 12.2. The van der Waals surface area contributed by atoms with Gasteiger partial charge in [-0.15, -0.1) is 0 Å². The zero-order valence-electron chi connectivity index (χ0n) is 14.7. The molecule has 0 radical (unpaired) electrons. The van der Waals surface area contributed by atoms with E-state index in [-0.39, 0.29) is 5.69 Å². The topological polar surface area (TPSA) is 91.6 Å². The molecule has 0 aliphatic heterocycles. The number of carbonyl (C=O) groups is 1. The highest BCUT2D eigenvalue weighted by Crippen LogP contribution is 2.27. The molecule has 25 heavy (non-hydrogen) atoms. The number of benzene rings is 1. The van der Waals surface area contributed by atoms with Gasteiger partial charge in [0.2, 0.25) is 0 Å². The van der Waals surface area contributed by atoms with Gasteiger partial charge >= 0.3 is 5.69 Å². The van der Waals surface area contributed by atoms with Crippen LogP contribution in [-0.2, 0) is 20.5 Å². The first-order valence-electron chi connectivity index (χ1n) is 7.65. The molecule has 1 aromatic carbocycles. The number of nitrogens with one attached hydrogen (secondary N) is 1. The van der Waals surface area contributed by atoms with Crippen LogP contribution in [0.2, 0.25) is 0 Å². The van der Waals surface area contributed by atoms with Crippen molar-refractivity contribution in [1.82, 2.24) is 14.5 Å². The van der Waals surface area contributed by atoms with E-state index in [4.69, 9.17) is 9.47 Å². The minimum atomic E-state index is -0.544. The van der Waals surface area contributed by atoms with Gasteiger partial charge in [0.05, 0.1) is 14.2 Å². The molecule has 0 atom stereocenters. The average Bonchev–Trinajstić information content (AvgIpc) is 2.62. The van der Waals surface area contributed by atoms with Crippen LogP contribution < -0.4 is 26.0 Å². The van der Waals surface area contributed by atoms with E-state index in [2.05, 4.69) is 5.32 Å². The number of nitrogens with zero attached hydrogens (tertiary/aromatic N) is 2. The maximum absolute atomic E-state index is 12.2. The van der Waals surface area contributed by atoms with Gasteiger partial charge in [0.25, 0.3) is 11.5 Å². The Hall–Kier alpha value is -3.03. The summed E-state index contributed by atoms with van der Waals surface area (Å²) >= 11 is 0. The highest BCUT2D eigenvalue weighted by Gasteiger charge is 2.13. The number of amides is 1. The van der Waals surface area contributed by atoms with Crippen molar-refractivity contribution in [2.24, 2.45) is 14.1 Å². The van der Waals surface area contributed by atoms with Crippen LogP contribution in [0.25, 0.3) is 0 Å². The molecule has 0 bridgehead atoms. The number of rotatable bonds is 6. The Balaban J connectivity index is 2.07. The lowest BCUT2D eigenvalue weighted by Crippen LogP contribution is -2.41. The molecule has 0 aliphatic rings. The van der Waals surface area contributed by atoms with Crippen molar-refractivity contribution in [3.05, 3.63) is 56.4 Å². The van der Waals surface area contributed by atoms with Crippen molar-refractivity contribution < 1.29 is 14.3 Å². The third-order valence-electron chi connectivity index (χ3n) is 3.91. The molecule has 1 amide bonds. The summed E-state index contributed by atoms with van der Waals surface area (Å²) < 4.78 is 12.5. The first-order chi connectivity index (χ1) is 11.9. The molecule has 0 spiro atoms. The van der Waals surface area contributed by atoms with Gasteiger partial charge in [-0.1, -0.05) is 6.07 Å². The maximum Gasteiger partial charge on any atom is 0.331 e. The third-order valence-corrected chi connectivity index (χ3v) is 3.91. The quantitative estimate of drug-likeness (QED) is 0.799. The van der Waals surface area contributed by atoms with Crippen LogP contribution in [0.1, 0.15) is 16.1 Å². The Kier molecular flexibility index (Phi) is 5.63. The second-order valence-corrected chi connectivity index (χ2v) is 5.46. The molecule has 2 aromatic rings. The number of methoxy groups -OCH3 is 2. The largest absolute Gasteiger partial charge is 0.493 e. The van der Waals surface area contributed by atoms with E-state index < -0.39 is 17.2 Å². The minimum absolute atomic E-state index is 0.0282. The van der Waals surface area contributed by atoms with Crippen LogP contribution in [0.5, 0.6) is 11.5 Å². The Bertz CT molecular complexity index is 898. The van der Waals surface area contributed by atoms with Crippen molar-refractivity contribution >= 4 is 5.91 Å². The third kappa shape index (κ3) is 3.90. The number of aromatic nitrogens is 2. The summed E-state index contributed by atoms with van der Waals surface area (Å²) in [4.78, 5) is 35.8. The highest BCUT2D eigenvalue weighted by molar-refractivity contribution is 5.92. The zero-order valence-corrected chi connectivity index (χ0v) is 14.7. The summed E-state index contributed by atoms with van der Waals surface area (Å²) in [6.45, 7) is 0.345. The van der Waals surface area contributed by atoms with Crippen molar-refractivity contribution in [2.45, 2.75) is 6.42 Å². The summed E-state index contributed by atoms with van der Waals surface area (Å²) in [6, 6.07) is 6.65. The first-order valence-corrected chi connectivity index (χ1v) is 7.65. The second-order valence-electron chi connectivity index (χ2n) is 5.46. The number of ether oxygens (including phenoxy) is 2. The molecule has 134 valence electrons. The molecule has 8 nitrogen and oxygen atoms in total. The molecule has 1 heterocycles.